The molecule has 0 amide bonds. The van der Waals surface area contributed by atoms with Crippen LogP contribution in [0.1, 0.15) is 0 Å². The summed E-state index contributed by atoms with van der Waals surface area (Å²) in [5.74, 6) is 0. The molecule has 0 aliphatic rings. The second-order valence-corrected chi connectivity index (χ2v) is 1.93. The van der Waals surface area contributed by atoms with Gasteiger partial charge < -0.3 is 0 Å². The van der Waals surface area contributed by atoms with E-state index in [1.54, 1.807) is 0 Å². The molecule has 0 aromatic heterocycles. The summed E-state index contributed by atoms with van der Waals surface area (Å²) in [6.45, 7) is 0. The number of hydrogen-bond acceptors (Lipinski definition) is 0. The second kappa shape index (κ2) is 9.05. The molecule has 0 aromatic rings. The zero-order valence-corrected chi connectivity index (χ0v) is 4.18. The maximum absolute atomic E-state index is 4.79. The topological polar surface area (TPSA) is 0 Å². The monoisotopic (exact) mass is 122 g/mol. The van der Waals surface area contributed by atoms with Crippen molar-refractivity contribution in [3.05, 3.63) is 0 Å². The molecule has 0 fully saturated rings. The average molecular weight is 123 g/mol. The molecule has 0 bridgehead atoms. The van der Waals surface area contributed by atoms with Crippen LogP contribution in [0.5, 0.6) is 0 Å². The molecule has 0 aromatic carbocycles. The van der Waals surface area contributed by atoms with Gasteiger partial charge in [0, 0.05) is 0 Å². The molecule has 28 valence electrons. The lowest BCUT2D eigenvalue weighted by molar-refractivity contribution is 1.11. The van der Waals surface area contributed by atoms with Gasteiger partial charge >= 0.3 is 0 Å². The third-order valence-corrected chi connectivity index (χ3v) is 0. The number of hydrogen-bond donors (Lipinski definition) is 0. The quantitative estimate of drug-likeness (QED) is 0.432. The molecular formula is H2Cl2FP. The third kappa shape index (κ3) is 12.5. The SMILES string of the molecule is ClPCl.F. The number of halogens is 3. The average Bonchev–Trinajstić information content (AvgIpc) is 0.918. The molecule has 0 rings (SSSR count). The van der Waals surface area contributed by atoms with Crippen molar-refractivity contribution in [3.63, 3.8) is 0 Å². The van der Waals surface area contributed by atoms with Crippen molar-refractivity contribution in [3.8, 4) is 0 Å². The lowest BCUT2D eigenvalue weighted by Gasteiger charge is -1.42. The molecule has 0 saturated heterocycles. The molecule has 4 heteroatoms. The smallest absolute Gasteiger partial charge is 0.0713 e. The molecule has 0 aliphatic heterocycles. The van der Waals surface area contributed by atoms with E-state index in [1.807, 2.05) is 0 Å². The molecule has 0 nitrogen and oxygen atoms in total. The van der Waals surface area contributed by atoms with Crippen LogP contribution in [-0.2, 0) is 0 Å². The minimum atomic E-state index is 0. The van der Waals surface area contributed by atoms with E-state index in [2.05, 4.69) is 0 Å². The Balaban J connectivity index is 0. The van der Waals surface area contributed by atoms with Crippen LogP contribution in [0, 0.1) is 0 Å². The molecule has 0 saturated carbocycles. The maximum atomic E-state index is 4.79. The minimum Gasteiger partial charge on any atom is -0.269 e. The van der Waals surface area contributed by atoms with Crippen LogP contribution in [-0.4, -0.2) is 0 Å². The zero-order chi connectivity index (χ0) is 2.71. The Hall–Kier alpha value is 0.940. The van der Waals surface area contributed by atoms with E-state index in [9.17, 15) is 0 Å². The molecule has 4 heavy (non-hydrogen) atoms. The Labute approximate surface area is 35.2 Å². The van der Waals surface area contributed by atoms with Crippen LogP contribution in [0.15, 0.2) is 0 Å². The molecule has 0 heterocycles. The van der Waals surface area contributed by atoms with Crippen molar-refractivity contribution in [2.24, 2.45) is 0 Å². The summed E-state index contributed by atoms with van der Waals surface area (Å²) in [6, 6.07) is 0. The highest BCUT2D eigenvalue weighted by Gasteiger charge is 1.41. The van der Waals surface area contributed by atoms with Crippen molar-refractivity contribution in [2.75, 3.05) is 0 Å². The fraction of sp³-hybridized carbons (Fsp3) is 0. The van der Waals surface area contributed by atoms with E-state index in [0.717, 1.165) is 0 Å². The maximum Gasteiger partial charge on any atom is 0.0713 e. The predicted octanol–water partition coefficient (Wildman–Crippen LogP) is 2.12. The highest BCUT2D eigenvalue weighted by molar-refractivity contribution is 7.90. The van der Waals surface area contributed by atoms with E-state index in [4.69, 9.17) is 22.5 Å². The van der Waals surface area contributed by atoms with Gasteiger partial charge in [0.05, 0.1) is 7.29 Å². The Morgan fingerprint density at radius 3 is 1.25 bits per heavy atom. The van der Waals surface area contributed by atoms with Crippen LogP contribution >= 0.6 is 29.8 Å². The summed E-state index contributed by atoms with van der Waals surface area (Å²) >= 11 is 9.58. The minimum absolute atomic E-state index is 0. The van der Waals surface area contributed by atoms with Gasteiger partial charge in [-0.25, -0.2) is 0 Å². The second-order valence-electron chi connectivity index (χ2n) is 0.0714. The third-order valence-electron chi connectivity index (χ3n) is 0. The van der Waals surface area contributed by atoms with E-state index in [-0.39, 0.29) is 12.0 Å². The van der Waals surface area contributed by atoms with Crippen molar-refractivity contribution in [1.29, 1.82) is 0 Å². The predicted molar refractivity (Wildman–Crippen MR) is 22.5 cm³/mol. The van der Waals surface area contributed by atoms with Crippen molar-refractivity contribution >= 4 is 29.8 Å². The molecular weight excluding hydrogens is 121 g/mol. The van der Waals surface area contributed by atoms with Gasteiger partial charge in [-0.1, -0.05) is 22.5 Å². The first-order valence-electron chi connectivity index (χ1n) is 0.378. The van der Waals surface area contributed by atoms with E-state index >= 15 is 0 Å². The van der Waals surface area contributed by atoms with Crippen LogP contribution in [0.4, 0.5) is 4.70 Å². The highest BCUT2D eigenvalue weighted by Crippen LogP contribution is 2.19. The molecule has 0 spiro atoms. The Morgan fingerprint density at radius 1 is 1.25 bits per heavy atom. The van der Waals surface area contributed by atoms with Crippen LogP contribution in [0.3, 0.4) is 0 Å². The number of rotatable bonds is 0. The zero-order valence-electron chi connectivity index (χ0n) is 1.66. The van der Waals surface area contributed by atoms with Gasteiger partial charge in [0.15, 0.2) is 0 Å². The fourth-order valence-corrected chi connectivity index (χ4v) is 0. The van der Waals surface area contributed by atoms with Gasteiger partial charge in [-0.3, -0.25) is 4.70 Å². The van der Waals surface area contributed by atoms with E-state index in [1.165, 1.54) is 0 Å². The lowest BCUT2D eigenvalue weighted by Crippen LogP contribution is -0.641. The molecule has 0 unspecified atom stereocenters. The summed E-state index contributed by atoms with van der Waals surface area (Å²) in [4.78, 5) is 0. The lowest BCUT2D eigenvalue weighted by atomic mass is 19.0. The van der Waals surface area contributed by atoms with Crippen molar-refractivity contribution in [2.45, 2.75) is 0 Å². The van der Waals surface area contributed by atoms with Gasteiger partial charge in [-0.15, -0.1) is 0 Å². The molecule has 0 N–H and O–H groups in total. The first-order chi connectivity index (χ1) is 1.41. The van der Waals surface area contributed by atoms with Crippen molar-refractivity contribution < 1.29 is 4.70 Å². The van der Waals surface area contributed by atoms with Crippen LogP contribution in [0.2, 0.25) is 0 Å². The normalized spacial score (nSPS) is 4.50. The van der Waals surface area contributed by atoms with Crippen LogP contribution in [0.25, 0.3) is 0 Å². The molecule has 0 atom stereocenters. The first kappa shape index (κ1) is 8.87. The summed E-state index contributed by atoms with van der Waals surface area (Å²) in [5, 5.41) is 0. The first-order valence-corrected chi connectivity index (χ1v) is 3.40. The van der Waals surface area contributed by atoms with Crippen molar-refractivity contribution in [1.82, 2.24) is 0 Å². The molecule has 0 radical (unpaired) electrons. The Bertz CT molecular complexity index is 6.00. The van der Waals surface area contributed by atoms with E-state index < -0.39 is 0 Å². The summed E-state index contributed by atoms with van der Waals surface area (Å²) in [6.07, 6.45) is 0. The van der Waals surface area contributed by atoms with E-state index in [0.29, 0.717) is 0 Å². The summed E-state index contributed by atoms with van der Waals surface area (Å²) in [5.41, 5.74) is 0. The van der Waals surface area contributed by atoms with Crippen LogP contribution < -0.4 is 0 Å². The Kier molecular flexibility index (Phi) is 20.1. The standard InChI is InChI=1S/Cl2HP.FH/c1-3-2;/h3H;1H. The van der Waals surface area contributed by atoms with Gasteiger partial charge in [0.2, 0.25) is 0 Å². The largest absolute Gasteiger partial charge is 0.269 e. The summed E-state index contributed by atoms with van der Waals surface area (Å²) in [7, 11) is 0.0278. The summed E-state index contributed by atoms with van der Waals surface area (Å²) < 4.78 is 0. The fourth-order valence-electron chi connectivity index (χ4n) is 0. The molecule has 0 aliphatic carbocycles. The Morgan fingerprint density at radius 2 is 1.25 bits per heavy atom. The highest BCUT2D eigenvalue weighted by atomic mass is 35.9. The van der Waals surface area contributed by atoms with Gasteiger partial charge in [0.25, 0.3) is 0 Å². The van der Waals surface area contributed by atoms with Gasteiger partial charge in [-0.05, 0) is 0 Å². The van der Waals surface area contributed by atoms with Gasteiger partial charge in [-0.2, -0.15) is 0 Å². The van der Waals surface area contributed by atoms with Gasteiger partial charge in [0.1, 0.15) is 0 Å².